The molecular weight excluding hydrogens is 454 g/mol. The highest BCUT2D eigenvalue weighted by Gasteiger charge is 2.48. The predicted molar refractivity (Wildman–Crippen MR) is 127 cm³/mol. The first kappa shape index (κ1) is 24.1. The fourth-order valence-corrected chi connectivity index (χ4v) is 4.34. The quantitative estimate of drug-likeness (QED) is 0.301. The number of aliphatic hydroxyl groups is 1. The Morgan fingerprint density at radius 3 is 2.40 bits per heavy atom. The number of halogens is 2. The molecule has 1 unspecified atom stereocenters. The number of hydrogen-bond donors (Lipinski definition) is 1. The van der Waals surface area contributed by atoms with Crippen molar-refractivity contribution in [1.82, 2.24) is 4.98 Å². The number of benzene rings is 2. The van der Waals surface area contributed by atoms with Gasteiger partial charge < -0.3 is 9.84 Å². The van der Waals surface area contributed by atoms with Crippen molar-refractivity contribution >= 4 is 23.1 Å². The normalized spacial score (nSPS) is 17.3. The summed E-state index contributed by atoms with van der Waals surface area (Å²) in [6, 6.07) is 8.02. The first-order chi connectivity index (χ1) is 16.6. The van der Waals surface area contributed by atoms with Crippen LogP contribution in [-0.4, -0.2) is 28.9 Å². The zero-order chi connectivity index (χ0) is 25.4. The second-order valence-electron chi connectivity index (χ2n) is 8.61. The molecule has 0 saturated carbocycles. The molecule has 180 valence electrons. The largest absolute Gasteiger partial charge is 0.507 e. The van der Waals surface area contributed by atoms with Gasteiger partial charge in [-0.1, -0.05) is 13.8 Å². The molecule has 1 fully saturated rings. The molecule has 1 saturated heterocycles. The average molecular weight is 478 g/mol. The number of ketones is 1. The number of hydrogen-bond acceptors (Lipinski definition) is 5. The molecule has 35 heavy (non-hydrogen) atoms. The lowest BCUT2D eigenvalue weighted by Gasteiger charge is -2.26. The third-order valence-electron chi connectivity index (χ3n) is 6.09. The van der Waals surface area contributed by atoms with Crippen LogP contribution in [0.25, 0.3) is 5.76 Å². The van der Waals surface area contributed by atoms with E-state index < -0.39 is 40.8 Å². The maximum absolute atomic E-state index is 14.8. The Bertz CT molecular complexity index is 1350. The van der Waals surface area contributed by atoms with Crippen LogP contribution in [0.3, 0.4) is 0 Å². The SMILES string of the molecule is COc1cc(C)c(/C(O)=C2\C(=O)C(=O)N(c3cc(F)ccc3F)C2c2ccncc2)cc1C(C)C. The molecule has 2 heterocycles. The van der Waals surface area contributed by atoms with Gasteiger partial charge in [0.05, 0.1) is 24.4 Å². The number of aryl methyl sites for hydroxylation is 1. The van der Waals surface area contributed by atoms with Gasteiger partial charge in [0.15, 0.2) is 0 Å². The lowest BCUT2D eigenvalue weighted by molar-refractivity contribution is -0.132. The minimum Gasteiger partial charge on any atom is -0.507 e. The fourth-order valence-electron chi connectivity index (χ4n) is 4.34. The van der Waals surface area contributed by atoms with E-state index in [1.165, 1.54) is 12.4 Å². The van der Waals surface area contributed by atoms with E-state index >= 15 is 0 Å². The zero-order valence-electron chi connectivity index (χ0n) is 19.7. The summed E-state index contributed by atoms with van der Waals surface area (Å²) in [5.74, 6) is -3.48. The van der Waals surface area contributed by atoms with Crippen LogP contribution in [0.15, 0.2) is 60.4 Å². The van der Waals surface area contributed by atoms with Crippen LogP contribution in [0.2, 0.25) is 0 Å². The number of ether oxygens (including phenoxy) is 1. The number of carbonyl (C=O) groups is 2. The summed E-state index contributed by atoms with van der Waals surface area (Å²) in [6.45, 7) is 5.66. The molecule has 1 N–H and O–H groups in total. The molecular formula is C27H24F2N2O4. The number of rotatable bonds is 5. The van der Waals surface area contributed by atoms with E-state index in [0.717, 1.165) is 28.7 Å². The summed E-state index contributed by atoms with van der Waals surface area (Å²) in [5, 5.41) is 11.4. The van der Waals surface area contributed by atoms with Crippen molar-refractivity contribution < 1.29 is 28.2 Å². The molecule has 1 atom stereocenters. The van der Waals surface area contributed by atoms with E-state index in [4.69, 9.17) is 4.74 Å². The third kappa shape index (κ3) is 4.16. The molecule has 2 aromatic carbocycles. The van der Waals surface area contributed by atoms with Crippen LogP contribution < -0.4 is 9.64 Å². The van der Waals surface area contributed by atoms with Crippen LogP contribution >= 0.6 is 0 Å². The van der Waals surface area contributed by atoms with Gasteiger partial charge in [-0.05, 0) is 65.9 Å². The van der Waals surface area contributed by atoms with Gasteiger partial charge >= 0.3 is 0 Å². The Labute approximate surface area is 201 Å². The Hall–Kier alpha value is -4.07. The molecule has 4 rings (SSSR count). The van der Waals surface area contributed by atoms with Crippen LogP contribution in [-0.2, 0) is 9.59 Å². The number of methoxy groups -OCH3 is 1. The maximum Gasteiger partial charge on any atom is 0.300 e. The van der Waals surface area contributed by atoms with Gasteiger partial charge in [0.1, 0.15) is 23.1 Å². The van der Waals surface area contributed by atoms with E-state index in [1.807, 2.05) is 13.8 Å². The van der Waals surface area contributed by atoms with Crippen LogP contribution in [0.1, 0.15) is 48.1 Å². The number of aromatic nitrogens is 1. The van der Waals surface area contributed by atoms with E-state index in [0.29, 0.717) is 22.4 Å². The van der Waals surface area contributed by atoms with Gasteiger partial charge in [-0.15, -0.1) is 0 Å². The van der Waals surface area contributed by atoms with Gasteiger partial charge in [0.25, 0.3) is 11.7 Å². The average Bonchev–Trinajstić information content (AvgIpc) is 3.10. The number of pyridine rings is 1. The molecule has 3 aromatic rings. The third-order valence-corrected chi connectivity index (χ3v) is 6.09. The number of aliphatic hydroxyl groups excluding tert-OH is 1. The molecule has 1 amide bonds. The van der Waals surface area contributed by atoms with Gasteiger partial charge in [-0.2, -0.15) is 0 Å². The van der Waals surface area contributed by atoms with E-state index in [2.05, 4.69) is 4.98 Å². The monoisotopic (exact) mass is 478 g/mol. The molecule has 1 aliphatic heterocycles. The van der Waals surface area contributed by atoms with Crippen molar-refractivity contribution in [2.75, 3.05) is 12.0 Å². The summed E-state index contributed by atoms with van der Waals surface area (Å²) < 4.78 is 34.3. The number of nitrogens with zero attached hydrogens (tertiary/aromatic N) is 2. The summed E-state index contributed by atoms with van der Waals surface area (Å²) >= 11 is 0. The Morgan fingerprint density at radius 1 is 1.09 bits per heavy atom. The lowest BCUT2D eigenvalue weighted by atomic mass is 9.91. The first-order valence-corrected chi connectivity index (χ1v) is 11.0. The maximum atomic E-state index is 14.8. The fraction of sp³-hybridized carbons (Fsp3) is 0.222. The van der Waals surface area contributed by atoms with Crippen molar-refractivity contribution in [3.63, 3.8) is 0 Å². The van der Waals surface area contributed by atoms with Gasteiger partial charge in [-0.3, -0.25) is 19.5 Å². The molecule has 8 heteroatoms. The van der Waals surface area contributed by atoms with E-state index in [1.54, 1.807) is 38.3 Å². The van der Waals surface area contributed by atoms with Crippen LogP contribution in [0, 0.1) is 18.6 Å². The molecule has 0 radical (unpaired) electrons. The van der Waals surface area contributed by atoms with Crippen molar-refractivity contribution in [1.29, 1.82) is 0 Å². The van der Waals surface area contributed by atoms with Crippen LogP contribution in [0.4, 0.5) is 14.5 Å². The first-order valence-electron chi connectivity index (χ1n) is 11.0. The minimum atomic E-state index is -1.20. The topological polar surface area (TPSA) is 79.7 Å². The molecule has 1 aliphatic rings. The van der Waals surface area contributed by atoms with Gasteiger partial charge in [0, 0.05) is 24.0 Å². The summed E-state index contributed by atoms with van der Waals surface area (Å²) in [7, 11) is 1.54. The van der Waals surface area contributed by atoms with Crippen molar-refractivity contribution in [2.24, 2.45) is 0 Å². The molecule has 0 aliphatic carbocycles. The second kappa shape index (κ2) is 9.29. The predicted octanol–water partition coefficient (Wildman–Crippen LogP) is 5.43. The summed E-state index contributed by atoms with van der Waals surface area (Å²) in [5.41, 5.74) is 1.52. The Kier molecular flexibility index (Phi) is 6.39. The number of anilines is 1. The number of amides is 1. The molecule has 0 spiro atoms. The summed E-state index contributed by atoms with van der Waals surface area (Å²) in [4.78, 5) is 31.3. The number of Topliss-reactive ketones (excluding diaryl/α,β-unsaturated/α-hetero) is 1. The Morgan fingerprint density at radius 2 is 1.77 bits per heavy atom. The zero-order valence-corrected chi connectivity index (χ0v) is 19.7. The van der Waals surface area contributed by atoms with E-state index in [9.17, 15) is 23.5 Å². The smallest absolute Gasteiger partial charge is 0.300 e. The van der Waals surface area contributed by atoms with Crippen molar-refractivity contribution in [2.45, 2.75) is 32.7 Å². The highest BCUT2D eigenvalue weighted by atomic mass is 19.1. The second-order valence-corrected chi connectivity index (χ2v) is 8.61. The van der Waals surface area contributed by atoms with Crippen molar-refractivity contribution in [3.05, 3.63) is 94.3 Å². The highest BCUT2D eigenvalue weighted by Crippen LogP contribution is 2.44. The standard InChI is InChI=1S/C27H24F2N2O4/c1-14(2)18-13-19(15(3)11-22(18)35-4)25(32)23-24(16-7-9-30-10-8-16)31(27(34)26(23)33)21-12-17(28)5-6-20(21)29/h5-14,24,32H,1-4H3/b25-23+. The van der Waals surface area contributed by atoms with E-state index in [-0.39, 0.29) is 11.5 Å². The number of carbonyl (C=O) groups excluding carboxylic acids is 2. The Balaban J connectivity index is 2.00. The van der Waals surface area contributed by atoms with Crippen molar-refractivity contribution in [3.8, 4) is 5.75 Å². The summed E-state index contributed by atoms with van der Waals surface area (Å²) in [6.07, 6.45) is 2.90. The minimum absolute atomic E-state index is 0.0388. The molecule has 0 bridgehead atoms. The molecule has 6 nitrogen and oxygen atoms in total. The van der Waals surface area contributed by atoms with Crippen LogP contribution in [0.5, 0.6) is 5.75 Å². The van der Waals surface area contributed by atoms with Gasteiger partial charge in [-0.25, -0.2) is 8.78 Å². The molecule has 1 aromatic heterocycles. The van der Waals surface area contributed by atoms with Gasteiger partial charge in [0.2, 0.25) is 0 Å². The highest BCUT2D eigenvalue weighted by molar-refractivity contribution is 6.51. The lowest BCUT2D eigenvalue weighted by Crippen LogP contribution is -2.30.